The molecular weight excluding hydrogens is 340 g/mol. The third-order valence-corrected chi connectivity index (χ3v) is 4.86. The Kier molecular flexibility index (Phi) is 5.18. The van der Waals surface area contributed by atoms with Gasteiger partial charge in [-0.1, -0.05) is 0 Å². The van der Waals surface area contributed by atoms with E-state index in [0.29, 0.717) is 18.7 Å². The monoisotopic (exact) mass is 360 g/mol. The van der Waals surface area contributed by atoms with Gasteiger partial charge in [0.2, 0.25) is 5.91 Å². The molecule has 1 fully saturated rings. The van der Waals surface area contributed by atoms with Crippen molar-refractivity contribution < 1.29 is 9.59 Å². The maximum Gasteiger partial charge on any atom is 0.251 e. The summed E-state index contributed by atoms with van der Waals surface area (Å²) in [6.45, 7) is 5.07. The van der Waals surface area contributed by atoms with Crippen LogP contribution in [0, 0.1) is 13.8 Å². The molecule has 0 bridgehead atoms. The Bertz CT molecular complexity index is 816. The number of hydrogen-bond donors (Lipinski definition) is 1. The lowest BCUT2D eigenvalue weighted by Gasteiger charge is -2.32. The topological polar surface area (TPSA) is 75.2 Å². The SMILES string of the molecule is Cc1nc2ccc(C(=O)NC3CCN(C(=O)CCl)CC3)cc2nc1C. The number of carbonyl (C=O) groups excluding carboxylic acids is 2. The Hall–Kier alpha value is -2.21. The number of benzene rings is 1. The van der Waals surface area contributed by atoms with E-state index in [1.54, 1.807) is 17.0 Å². The van der Waals surface area contributed by atoms with Gasteiger partial charge >= 0.3 is 0 Å². The van der Waals surface area contributed by atoms with E-state index in [2.05, 4.69) is 15.3 Å². The smallest absolute Gasteiger partial charge is 0.251 e. The zero-order chi connectivity index (χ0) is 18.0. The van der Waals surface area contributed by atoms with Crippen LogP contribution < -0.4 is 5.32 Å². The number of aromatic nitrogens is 2. The highest BCUT2D eigenvalue weighted by molar-refractivity contribution is 6.27. The molecule has 1 saturated heterocycles. The minimum atomic E-state index is -0.121. The number of piperidine rings is 1. The molecule has 2 heterocycles. The standard InChI is InChI=1S/C18H21ClN4O2/c1-11-12(2)21-16-9-13(3-4-15(16)20-11)18(25)22-14-5-7-23(8-6-14)17(24)10-19/h3-4,9,14H,5-8,10H2,1-2H3,(H,22,25). The van der Waals surface area contributed by atoms with Crippen molar-refractivity contribution in [3.63, 3.8) is 0 Å². The molecule has 25 heavy (non-hydrogen) atoms. The minimum Gasteiger partial charge on any atom is -0.349 e. The highest BCUT2D eigenvalue weighted by Crippen LogP contribution is 2.16. The van der Waals surface area contributed by atoms with Gasteiger partial charge in [0.25, 0.3) is 5.91 Å². The second-order valence-electron chi connectivity index (χ2n) is 6.36. The van der Waals surface area contributed by atoms with Gasteiger partial charge in [0.05, 0.1) is 22.4 Å². The molecule has 0 atom stereocenters. The number of fused-ring (bicyclic) bond motifs is 1. The van der Waals surface area contributed by atoms with Gasteiger partial charge in [0.1, 0.15) is 5.88 Å². The van der Waals surface area contributed by atoms with E-state index in [1.807, 2.05) is 19.9 Å². The lowest BCUT2D eigenvalue weighted by molar-refractivity contribution is -0.129. The number of rotatable bonds is 3. The first-order valence-corrected chi connectivity index (χ1v) is 8.91. The van der Waals surface area contributed by atoms with Gasteiger partial charge in [-0.3, -0.25) is 9.59 Å². The van der Waals surface area contributed by atoms with E-state index in [0.717, 1.165) is 35.3 Å². The van der Waals surface area contributed by atoms with Crippen LogP contribution in [0.5, 0.6) is 0 Å². The van der Waals surface area contributed by atoms with Gasteiger partial charge in [-0.2, -0.15) is 0 Å². The molecule has 1 aliphatic heterocycles. The summed E-state index contributed by atoms with van der Waals surface area (Å²) in [5.41, 5.74) is 3.83. The van der Waals surface area contributed by atoms with E-state index in [9.17, 15) is 9.59 Å². The maximum atomic E-state index is 12.5. The number of hydrogen-bond acceptors (Lipinski definition) is 4. The summed E-state index contributed by atoms with van der Waals surface area (Å²) >= 11 is 5.58. The van der Waals surface area contributed by atoms with Crippen molar-refractivity contribution in [3.8, 4) is 0 Å². The molecule has 7 heteroatoms. The number of halogens is 1. The van der Waals surface area contributed by atoms with Gasteiger partial charge in [0.15, 0.2) is 0 Å². The number of amides is 2. The number of nitrogens with one attached hydrogen (secondary N) is 1. The van der Waals surface area contributed by atoms with Crippen LogP contribution in [-0.4, -0.2) is 51.7 Å². The van der Waals surface area contributed by atoms with Crippen LogP contribution in [0.25, 0.3) is 11.0 Å². The van der Waals surface area contributed by atoms with Gasteiger partial charge in [-0.25, -0.2) is 9.97 Å². The summed E-state index contributed by atoms with van der Waals surface area (Å²) in [6.07, 6.45) is 1.47. The Balaban J connectivity index is 1.67. The summed E-state index contributed by atoms with van der Waals surface area (Å²) in [5.74, 6) is -0.164. The molecule has 0 aliphatic carbocycles. The van der Waals surface area contributed by atoms with Gasteiger partial charge in [-0.15, -0.1) is 11.6 Å². The zero-order valence-electron chi connectivity index (χ0n) is 14.4. The number of likely N-dealkylation sites (tertiary alicyclic amines) is 1. The predicted octanol–water partition coefficient (Wildman–Crippen LogP) is 2.21. The van der Waals surface area contributed by atoms with Crippen molar-refractivity contribution >= 4 is 34.4 Å². The second-order valence-corrected chi connectivity index (χ2v) is 6.63. The third kappa shape index (κ3) is 3.90. The Morgan fingerprint density at radius 1 is 1.16 bits per heavy atom. The van der Waals surface area contributed by atoms with E-state index >= 15 is 0 Å². The normalized spacial score (nSPS) is 15.4. The molecular formula is C18H21ClN4O2. The van der Waals surface area contributed by atoms with E-state index in [-0.39, 0.29) is 23.7 Å². The Morgan fingerprint density at radius 3 is 2.44 bits per heavy atom. The highest BCUT2D eigenvalue weighted by Gasteiger charge is 2.23. The van der Waals surface area contributed by atoms with Gasteiger partial charge in [0, 0.05) is 24.7 Å². The van der Waals surface area contributed by atoms with Crippen LogP contribution in [-0.2, 0) is 4.79 Å². The molecule has 6 nitrogen and oxygen atoms in total. The van der Waals surface area contributed by atoms with Crippen molar-refractivity contribution in [2.45, 2.75) is 32.7 Å². The number of alkyl halides is 1. The summed E-state index contributed by atoms with van der Waals surface area (Å²) in [7, 11) is 0. The van der Waals surface area contributed by atoms with Crippen molar-refractivity contribution in [3.05, 3.63) is 35.2 Å². The maximum absolute atomic E-state index is 12.5. The summed E-state index contributed by atoms with van der Waals surface area (Å²) in [5, 5.41) is 3.05. The third-order valence-electron chi connectivity index (χ3n) is 4.63. The summed E-state index contributed by atoms with van der Waals surface area (Å²) in [6, 6.07) is 5.43. The summed E-state index contributed by atoms with van der Waals surface area (Å²) < 4.78 is 0. The number of carbonyl (C=O) groups is 2. The van der Waals surface area contributed by atoms with Gasteiger partial charge in [-0.05, 0) is 44.9 Å². The fraction of sp³-hybridized carbons (Fsp3) is 0.444. The molecule has 0 radical (unpaired) electrons. The van der Waals surface area contributed by atoms with Crippen LogP contribution in [0.3, 0.4) is 0 Å². The molecule has 1 aromatic heterocycles. The van der Waals surface area contributed by atoms with E-state index in [1.165, 1.54) is 0 Å². The van der Waals surface area contributed by atoms with Crippen LogP contribution in [0.15, 0.2) is 18.2 Å². The molecule has 0 unspecified atom stereocenters. The number of nitrogens with zero attached hydrogens (tertiary/aromatic N) is 3. The molecule has 132 valence electrons. The molecule has 1 aliphatic rings. The average molecular weight is 361 g/mol. The Morgan fingerprint density at radius 2 is 1.80 bits per heavy atom. The largest absolute Gasteiger partial charge is 0.349 e. The Labute approximate surface area is 151 Å². The quantitative estimate of drug-likeness (QED) is 0.851. The van der Waals surface area contributed by atoms with Crippen LogP contribution in [0.1, 0.15) is 34.6 Å². The first kappa shape index (κ1) is 17.6. The number of aryl methyl sites for hydroxylation is 2. The first-order chi connectivity index (χ1) is 12.0. The fourth-order valence-electron chi connectivity index (χ4n) is 3.00. The van der Waals surface area contributed by atoms with E-state index < -0.39 is 0 Å². The highest BCUT2D eigenvalue weighted by atomic mass is 35.5. The van der Waals surface area contributed by atoms with Crippen molar-refractivity contribution in [1.29, 1.82) is 0 Å². The van der Waals surface area contributed by atoms with Crippen LogP contribution in [0.4, 0.5) is 0 Å². The second kappa shape index (κ2) is 7.35. The molecule has 0 spiro atoms. The predicted molar refractivity (Wildman–Crippen MR) is 96.8 cm³/mol. The first-order valence-electron chi connectivity index (χ1n) is 8.37. The molecule has 3 rings (SSSR count). The van der Waals surface area contributed by atoms with Crippen LogP contribution >= 0.6 is 11.6 Å². The van der Waals surface area contributed by atoms with Crippen molar-refractivity contribution in [2.24, 2.45) is 0 Å². The fourth-order valence-corrected chi connectivity index (χ4v) is 3.17. The van der Waals surface area contributed by atoms with E-state index in [4.69, 9.17) is 11.6 Å². The lowest BCUT2D eigenvalue weighted by atomic mass is 10.0. The molecule has 2 amide bonds. The minimum absolute atomic E-state index is 0.00798. The summed E-state index contributed by atoms with van der Waals surface area (Å²) in [4.78, 5) is 34.8. The molecule has 1 N–H and O–H groups in total. The van der Waals surface area contributed by atoms with Crippen LogP contribution in [0.2, 0.25) is 0 Å². The zero-order valence-corrected chi connectivity index (χ0v) is 15.1. The van der Waals surface area contributed by atoms with Gasteiger partial charge < -0.3 is 10.2 Å². The average Bonchev–Trinajstić information content (AvgIpc) is 2.62. The molecule has 1 aromatic carbocycles. The molecule has 2 aromatic rings. The van der Waals surface area contributed by atoms with Crippen molar-refractivity contribution in [2.75, 3.05) is 19.0 Å². The lowest BCUT2D eigenvalue weighted by Crippen LogP contribution is -2.46. The van der Waals surface area contributed by atoms with Crippen molar-refractivity contribution in [1.82, 2.24) is 20.2 Å². The molecule has 0 saturated carbocycles.